The van der Waals surface area contributed by atoms with Crippen LogP contribution in [0.4, 0.5) is 5.69 Å². The zero-order chi connectivity index (χ0) is 18.6. The second kappa shape index (κ2) is 7.61. The summed E-state index contributed by atoms with van der Waals surface area (Å²) in [7, 11) is 0. The summed E-state index contributed by atoms with van der Waals surface area (Å²) < 4.78 is 5.23. The Labute approximate surface area is 146 Å². The Morgan fingerprint density at radius 1 is 1.04 bits per heavy atom. The number of carbonyl (C=O) groups is 3. The predicted octanol–water partition coefficient (Wildman–Crippen LogP) is 2.59. The third kappa shape index (κ3) is 4.67. The van der Waals surface area contributed by atoms with E-state index >= 15 is 0 Å². The molecule has 6 nitrogen and oxygen atoms in total. The summed E-state index contributed by atoms with van der Waals surface area (Å²) in [5.74, 6) is -1.57. The van der Waals surface area contributed by atoms with Crippen molar-refractivity contribution in [3.05, 3.63) is 64.7 Å². The average molecular weight is 340 g/mol. The number of primary amides is 1. The van der Waals surface area contributed by atoms with Crippen molar-refractivity contribution in [2.45, 2.75) is 26.9 Å². The van der Waals surface area contributed by atoms with Crippen molar-refractivity contribution >= 4 is 23.5 Å². The van der Waals surface area contributed by atoms with Gasteiger partial charge in [-0.25, -0.2) is 4.79 Å². The molecule has 2 rings (SSSR count). The highest BCUT2D eigenvalue weighted by atomic mass is 16.5. The van der Waals surface area contributed by atoms with E-state index in [0.717, 1.165) is 11.1 Å². The minimum atomic E-state index is -0.968. The fraction of sp³-hybridized carbons (Fsp3) is 0.211. The Morgan fingerprint density at radius 2 is 1.68 bits per heavy atom. The first kappa shape index (κ1) is 18.2. The number of ether oxygens (including phenoxy) is 1. The molecule has 0 aliphatic heterocycles. The smallest absolute Gasteiger partial charge is 0.339 e. The number of rotatable bonds is 5. The second-order valence-corrected chi connectivity index (χ2v) is 5.80. The fourth-order valence-corrected chi connectivity index (χ4v) is 2.28. The maximum Gasteiger partial charge on any atom is 0.339 e. The average Bonchev–Trinajstić information content (AvgIpc) is 2.55. The Bertz CT molecular complexity index is 813. The summed E-state index contributed by atoms with van der Waals surface area (Å²) >= 11 is 0. The molecule has 25 heavy (non-hydrogen) atoms. The third-order valence-corrected chi connectivity index (χ3v) is 3.69. The van der Waals surface area contributed by atoms with E-state index in [9.17, 15) is 14.4 Å². The first-order chi connectivity index (χ1) is 11.8. The number of amides is 2. The van der Waals surface area contributed by atoms with E-state index in [4.69, 9.17) is 10.5 Å². The predicted molar refractivity (Wildman–Crippen MR) is 94.4 cm³/mol. The van der Waals surface area contributed by atoms with Gasteiger partial charge in [0.1, 0.15) is 0 Å². The van der Waals surface area contributed by atoms with Crippen LogP contribution in [0.1, 0.15) is 38.8 Å². The minimum Gasteiger partial charge on any atom is -0.449 e. The molecule has 2 aromatic rings. The van der Waals surface area contributed by atoms with Gasteiger partial charge in [0.2, 0.25) is 5.91 Å². The molecule has 0 aliphatic carbocycles. The van der Waals surface area contributed by atoms with Crippen LogP contribution < -0.4 is 11.1 Å². The highest BCUT2D eigenvalue weighted by molar-refractivity contribution is 5.98. The van der Waals surface area contributed by atoms with Gasteiger partial charge in [-0.1, -0.05) is 17.7 Å². The molecule has 0 spiro atoms. The summed E-state index contributed by atoms with van der Waals surface area (Å²) in [5.41, 5.74) is 8.24. The molecule has 0 aliphatic rings. The van der Waals surface area contributed by atoms with Crippen molar-refractivity contribution in [2.24, 2.45) is 5.73 Å². The van der Waals surface area contributed by atoms with E-state index in [1.165, 1.54) is 19.1 Å². The lowest BCUT2D eigenvalue weighted by Crippen LogP contribution is -2.30. The fourth-order valence-electron chi connectivity index (χ4n) is 2.28. The lowest BCUT2D eigenvalue weighted by Gasteiger charge is -2.14. The van der Waals surface area contributed by atoms with Gasteiger partial charge in [0.05, 0.1) is 5.56 Å². The van der Waals surface area contributed by atoms with Crippen LogP contribution in [0.2, 0.25) is 0 Å². The summed E-state index contributed by atoms with van der Waals surface area (Å²) in [5, 5.41) is 2.62. The van der Waals surface area contributed by atoms with Crippen molar-refractivity contribution in [1.82, 2.24) is 0 Å². The number of anilines is 1. The van der Waals surface area contributed by atoms with Gasteiger partial charge < -0.3 is 15.8 Å². The normalized spacial score (nSPS) is 11.5. The van der Waals surface area contributed by atoms with Crippen molar-refractivity contribution in [2.75, 3.05) is 5.32 Å². The SMILES string of the molecule is Cc1ccc(C(=O)O[C@@H](C)C(=O)Nc2ccc(C(N)=O)cc2)c(C)c1. The Hall–Kier alpha value is -3.15. The van der Waals surface area contributed by atoms with Crippen LogP contribution in [0, 0.1) is 13.8 Å². The number of carbonyl (C=O) groups excluding carboxylic acids is 3. The van der Waals surface area contributed by atoms with Crippen LogP contribution >= 0.6 is 0 Å². The van der Waals surface area contributed by atoms with Crippen molar-refractivity contribution < 1.29 is 19.1 Å². The highest BCUT2D eigenvalue weighted by Gasteiger charge is 2.20. The van der Waals surface area contributed by atoms with E-state index in [-0.39, 0.29) is 0 Å². The summed E-state index contributed by atoms with van der Waals surface area (Å²) in [6.45, 7) is 5.24. The summed E-state index contributed by atoms with van der Waals surface area (Å²) in [4.78, 5) is 35.4. The van der Waals surface area contributed by atoms with Gasteiger partial charge in [0.25, 0.3) is 5.91 Å². The zero-order valence-electron chi connectivity index (χ0n) is 14.3. The standard InChI is InChI=1S/C19H20N2O4/c1-11-4-9-16(12(2)10-11)19(24)25-13(3)18(23)21-15-7-5-14(6-8-15)17(20)22/h4-10,13H,1-3H3,(H2,20,22)(H,21,23)/t13-/m0/s1. The van der Waals surface area contributed by atoms with E-state index in [2.05, 4.69) is 5.32 Å². The van der Waals surface area contributed by atoms with Crippen LogP contribution in [0.5, 0.6) is 0 Å². The number of hydrogen-bond donors (Lipinski definition) is 2. The quantitative estimate of drug-likeness (QED) is 0.817. The first-order valence-electron chi connectivity index (χ1n) is 7.77. The number of nitrogens with two attached hydrogens (primary N) is 1. The van der Waals surface area contributed by atoms with E-state index < -0.39 is 23.9 Å². The topological polar surface area (TPSA) is 98.5 Å². The van der Waals surface area contributed by atoms with Crippen LogP contribution in [0.15, 0.2) is 42.5 Å². The number of aryl methyl sites for hydroxylation is 2. The van der Waals surface area contributed by atoms with Crippen LogP contribution in [-0.2, 0) is 9.53 Å². The van der Waals surface area contributed by atoms with E-state index in [0.29, 0.717) is 16.8 Å². The molecular weight excluding hydrogens is 320 g/mol. The lowest BCUT2D eigenvalue weighted by atomic mass is 10.1. The summed E-state index contributed by atoms with van der Waals surface area (Å²) in [6, 6.07) is 11.5. The lowest BCUT2D eigenvalue weighted by molar-refractivity contribution is -0.123. The van der Waals surface area contributed by atoms with Gasteiger partial charge in [-0.05, 0) is 56.7 Å². The molecule has 0 saturated carbocycles. The Balaban J connectivity index is 1.99. The van der Waals surface area contributed by atoms with Crippen LogP contribution in [0.25, 0.3) is 0 Å². The minimum absolute atomic E-state index is 0.340. The molecule has 0 saturated heterocycles. The van der Waals surface area contributed by atoms with Gasteiger partial charge in [-0.2, -0.15) is 0 Å². The molecule has 130 valence electrons. The van der Waals surface area contributed by atoms with Crippen LogP contribution in [-0.4, -0.2) is 23.9 Å². The molecule has 2 aromatic carbocycles. The maximum atomic E-state index is 12.2. The van der Waals surface area contributed by atoms with Gasteiger partial charge in [0.15, 0.2) is 6.10 Å². The largest absolute Gasteiger partial charge is 0.449 e. The molecule has 0 heterocycles. The Morgan fingerprint density at radius 3 is 2.24 bits per heavy atom. The Kier molecular flexibility index (Phi) is 5.54. The van der Waals surface area contributed by atoms with Crippen molar-refractivity contribution in [3.8, 4) is 0 Å². The van der Waals surface area contributed by atoms with Gasteiger partial charge in [-0.15, -0.1) is 0 Å². The molecule has 0 radical (unpaired) electrons. The summed E-state index contributed by atoms with van der Waals surface area (Å²) in [6.07, 6.45) is -0.968. The van der Waals surface area contributed by atoms with Crippen LogP contribution in [0.3, 0.4) is 0 Å². The van der Waals surface area contributed by atoms with E-state index in [1.807, 2.05) is 26.0 Å². The molecule has 2 amide bonds. The molecule has 0 bridgehead atoms. The number of hydrogen-bond acceptors (Lipinski definition) is 4. The highest BCUT2D eigenvalue weighted by Crippen LogP contribution is 2.14. The van der Waals surface area contributed by atoms with Crippen molar-refractivity contribution in [1.29, 1.82) is 0 Å². The molecule has 3 N–H and O–H groups in total. The zero-order valence-corrected chi connectivity index (χ0v) is 14.3. The number of benzene rings is 2. The second-order valence-electron chi connectivity index (χ2n) is 5.80. The molecule has 0 fully saturated rings. The molecule has 0 unspecified atom stereocenters. The molecule has 6 heteroatoms. The maximum absolute atomic E-state index is 12.2. The van der Waals surface area contributed by atoms with E-state index in [1.54, 1.807) is 18.2 Å². The molecule has 0 aromatic heterocycles. The third-order valence-electron chi connectivity index (χ3n) is 3.69. The van der Waals surface area contributed by atoms with Gasteiger partial charge in [-0.3, -0.25) is 9.59 Å². The number of esters is 1. The van der Waals surface area contributed by atoms with Gasteiger partial charge in [0, 0.05) is 11.3 Å². The monoisotopic (exact) mass is 340 g/mol. The number of nitrogens with one attached hydrogen (secondary N) is 1. The first-order valence-corrected chi connectivity index (χ1v) is 7.77. The molecular formula is C19H20N2O4. The van der Waals surface area contributed by atoms with Crippen molar-refractivity contribution in [3.63, 3.8) is 0 Å². The molecule has 1 atom stereocenters. The van der Waals surface area contributed by atoms with Gasteiger partial charge >= 0.3 is 5.97 Å².